The monoisotopic (exact) mass is 421 g/mol. The summed E-state index contributed by atoms with van der Waals surface area (Å²) in [6, 6.07) is 13.7. The molecule has 0 heterocycles. The van der Waals surface area contributed by atoms with Gasteiger partial charge in [-0.2, -0.15) is 0 Å². The molecule has 172 valence electrons. The standard InChI is InChI=1S/C28H41N.C2H6/c1-6-8-9-10-11-12-13-14-15-26-22-28(29(4)5)19-18-27(26)21-25-17-16-24(7-2)20-23(25)3;1-2/h15-22H,6-14H2,1-5H3;1-2H3/b26-15+,27-21-;. The summed E-state index contributed by atoms with van der Waals surface area (Å²) >= 11 is 0. The Bertz CT molecular complexity index is 860. The van der Waals surface area contributed by atoms with E-state index in [4.69, 9.17) is 0 Å². The SMILES string of the molecule is CC.CCCCCCCCC/C=c1\cc(N(C)C)cc\c1=C\c1ccc(CC)cc1C. The van der Waals surface area contributed by atoms with E-state index in [1.165, 1.54) is 84.2 Å². The van der Waals surface area contributed by atoms with Gasteiger partial charge in [-0.1, -0.05) is 96.6 Å². The first kappa shape index (κ1) is 27.0. The number of hydrogen-bond donors (Lipinski definition) is 0. The summed E-state index contributed by atoms with van der Waals surface area (Å²) in [4.78, 5) is 2.19. The molecule has 2 rings (SSSR count). The lowest BCUT2D eigenvalue weighted by atomic mass is 10.0. The van der Waals surface area contributed by atoms with Crippen LogP contribution in [0.2, 0.25) is 0 Å². The molecule has 2 aromatic rings. The predicted octanol–water partition coefficient (Wildman–Crippen LogP) is 7.40. The van der Waals surface area contributed by atoms with Gasteiger partial charge in [0.15, 0.2) is 0 Å². The molecule has 0 saturated heterocycles. The molecule has 0 N–H and O–H groups in total. The maximum Gasteiger partial charge on any atom is 0.0367 e. The Hall–Kier alpha value is -2.02. The molecular formula is C30H47N. The van der Waals surface area contributed by atoms with E-state index in [1.54, 1.807) is 0 Å². The minimum absolute atomic E-state index is 1.09. The predicted molar refractivity (Wildman–Crippen MR) is 143 cm³/mol. The lowest BCUT2D eigenvalue weighted by molar-refractivity contribution is 0.595. The van der Waals surface area contributed by atoms with Crippen molar-refractivity contribution in [3.8, 4) is 0 Å². The van der Waals surface area contributed by atoms with Crippen LogP contribution in [0.15, 0.2) is 36.4 Å². The van der Waals surface area contributed by atoms with Crippen LogP contribution in [0.5, 0.6) is 0 Å². The molecule has 1 nitrogen and oxygen atoms in total. The summed E-state index contributed by atoms with van der Waals surface area (Å²) in [5, 5.41) is 2.69. The zero-order valence-corrected chi connectivity index (χ0v) is 21.4. The normalized spacial score (nSPS) is 12.0. The molecule has 0 atom stereocenters. The Morgan fingerprint density at radius 3 is 2.06 bits per heavy atom. The summed E-state index contributed by atoms with van der Waals surface area (Å²) in [7, 11) is 4.23. The molecular weight excluding hydrogens is 374 g/mol. The second-order valence-corrected chi connectivity index (χ2v) is 8.51. The highest BCUT2D eigenvalue weighted by atomic mass is 15.1. The molecule has 0 fully saturated rings. The first-order valence-electron chi connectivity index (χ1n) is 12.6. The summed E-state index contributed by atoms with van der Waals surface area (Å²) < 4.78 is 0. The van der Waals surface area contributed by atoms with Gasteiger partial charge in [0.2, 0.25) is 0 Å². The van der Waals surface area contributed by atoms with Crippen LogP contribution in [0.1, 0.15) is 95.8 Å². The van der Waals surface area contributed by atoms with Gasteiger partial charge in [0.1, 0.15) is 0 Å². The number of nitrogens with zero attached hydrogens (tertiary/aromatic N) is 1. The average molecular weight is 422 g/mol. The van der Waals surface area contributed by atoms with E-state index >= 15 is 0 Å². The molecule has 31 heavy (non-hydrogen) atoms. The molecule has 0 aromatic heterocycles. The van der Waals surface area contributed by atoms with Gasteiger partial charge >= 0.3 is 0 Å². The van der Waals surface area contributed by atoms with Crippen LogP contribution in [-0.4, -0.2) is 14.1 Å². The van der Waals surface area contributed by atoms with E-state index in [0.29, 0.717) is 0 Å². The highest BCUT2D eigenvalue weighted by molar-refractivity contribution is 5.57. The number of anilines is 1. The van der Waals surface area contributed by atoms with E-state index in [9.17, 15) is 0 Å². The van der Waals surface area contributed by atoms with Crippen molar-refractivity contribution in [1.82, 2.24) is 0 Å². The smallest absolute Gasteiger partial charge is 0.0367 e. The zero-order valence-electron chi connectivity index (χ0n) is 21.4. The highest BCUT2D eigenvalue weighted by Gasteiger charge is 1.99. The fourth-order valence-electron chi connectivity index (χ4n) is 3.79. The summed E-state index contributed by atoms with van der Waals surface area (Å²) in [6.07, 6.45) is 16.6. The fourth-order valence-corrected chi connectivity index (χ4v) is 3.79. The summed E-state index contributed by atoms with van der Waals surface area (Å²) in [5.74, 6) is 0. The van der Waals surface area contributed by atoms with Gasteiger partial charge in [-0.25, -0.2) is 0 Å². The molecule has 0 aliphatic heterocycles. The molecule has 0 aliphatic carbocycles. The van der Waals surface area contributed by atoms with Gasteiger partial charge in [-0.3, -0.25) is 0 Å². The van der Waals surface area contributed by atoms with Crippen LogP contribution in [0, 0.1) is 6.92 Å². The molecule has 0 bridgehead atoms. The van der Waals surface area contributed by atoms with E-state index < -0.39 is 0 Å². The molecule has 0 spiro atoms. The molecule has 1 heteroatoms. The number of benzene rings is 2. The van der Waals surface area contributed by atoms with Crippen LogP contribution in [0.25, 0.3) is 12.2 Å². The number of hydrogen-bond acceptors (Lipinski definition) is 1. The minimum Gasteiger partial charge on any atom is -0.378 e. The minimum atomic E-state index is 1.09. The second kappa shape index (κ2) is 15.7. The average Bonchev–Trinajstić information content (AvgIpc) is 2.78. The fraction of sp³-hybridized carbons (Fsp3) is 0.533. The van der Waals surface area contributed by atoms with E-state index in [0.717, 1.165) is 6.42 Å². The van der Waals surface area contributed by atoms with Crippen molar-refractivity contribution >= 4 is 17.8 Å². The summed E-state index contributed by atoms with van der Waals surface area (Å²) in [6.45, 7) is 10.7. The number of rotatable bonds is 11. The molecule has 0 radical (unpaired) electrons. The first-order valence-corrected chi connectivity index (χ1v) is 12.6. The van der Waals surface area contributed by atoms with Gasteiger partial charge in [0.25, 0.3) is 0 Å². The third-order valence-corrected chi connectivity index (χ3v) is 5.81. The molecule has 0 aliphatic rings. The third kappa shape index (κ3) is 9.76. The van der Waals surface area contributed by atoms with Crippen molar-refractivity contribution in [2.75, 3.05) is 19.0 Å². The van der Waals surface area contributed by atoms with Crippen molar-refractivity contribution in [3.05, 3.63) is 63.5 Å². The maximum absolute atomic E-state index is 2.45. The van der Waals surface area contributed by atoms with Crippen LogP contribution in [0.4, 0.5) is 5.69 Å². The van der Waals surface area contributed by atoms with Gasteiger partial charge in [-0.05, 0) is 71.5 Å². The Morgan fingerprint density at radius 1 is 0.774 bits per heavy atom. The van der Waals surface area contributed by atoms with Crippen LogP contribution < -0.4 is 15.3 Å². The van der Waals surface area contributed by atoms with Crippen molar-refractivity contribution in [2.24, 2.45) is 0 Å². The van der Waals surface area contributed by atoms with E-state index in [-0.39, 0.29) is 0 Å². The number of unbranched alkanes of at least 4 members (excludes halogenated alkanes) is 7. The van der Waals surface area contributed by atoms with Crippen molar-refractivity contribution in [1.29, 1.82) is 0 Å². The maximum atomic E-state index is 2.45. The lowest BCUT2D eigenvalue weighted by Gasteiger charge is -2.12. The van der Waals surface area contributed by atoms with Crippen LogP contribution in [-0.2, 0) is 6.42 Å². The summed E-state index contributed by atoms with van der Waals surface area (Å²) in [5.41, 5.74) is 5.36. The van der Waals surface area contributed by atoms with Crippen LogP contribution >= 0.6 is 0 Å². The molecule has 2 aromatic carbocycles. The lowest BCUT2D eigenvalue weighted by Crippen LogP contribution is -2.26. The van der Waals surface area contributed by atoms with Crippen molar-refractivity contribution in [2.45, 2.75) is 92.4 Å². The van der Waals surface area contributed by atoms with Crippen molar-refractivity contribution in [3.63, 3.8) is 0 Å². The molecule has 0 unspecified atom stereocenters. The Morgan fingerprint density at radius 2 is 1.45 bits per heavy atom. The third-order valence-electron chi connectivity index (χ3n) is 5.81. The van der Waals surface area contributed by atoms with Gasteiger partial charge < -0.3 is 4.90 Å². The van der Waals surface area contributed by atoms with Crippen molar-refractivity contribution < 1.29 is 0 Å². The number of aryl methyl sites for hydroxylation is 2. The topological polar surface area (TPSA) is 3.24 Å². The van der Waals surface area contributed by atoms with E-state index in [2.05, 4.69) is 88.3 Å². The highest BCUT2D eigenvalue weighted by Crippen LogP contribution is 2.13. The first-order chi connectivity index (χ1) is 15.0. The largest absolute Gasteiger partial charge is 0.378 e. The Labute approximate surface area is 192 Å². The van der Waals surface area contributed by atoms with Gasteiger partial charge in [0.05, 0.1) is 0 Å². The molecule has 0 saturated carbocycles. The zero-order chi connectivity index (χ0) is 23.1. The van der Waals surface area contributed by atoms with Crippen LogP contribution in [0.3, 0.4) is 0 Å². The Kier molecular flexibility index (Phi) is 13.7. The Balaban J connectivity index is 0.00000233. The quantitative estimate of drug-likeness (QED) is 0.342. The van der Waals surface area contributed by atoms with E-state index in [1.807, 2.05) is 13.8 Å². The van der Waals surface area contributed by atoms with Gasteiger partial charge in [0, 0.05) is 19.8 Å². The second-order valence-electron chi connectivity index (χ2n) is 8.51. The van der Waals surface area contributed by atoms with Gasteiger partial charge in [-0.15, -0.1) is 0 Å². The molecule has 0 amide bonds.